The van der Waals surface area contributed by atoms with Crippen LogP contribution >= 0.6 is 11.8 Å². The van der Waals surface area contributed by atoms with Gasteiger partial charge in [0.15, 0.2) is 0 Å². The molecule has 1 aliphatic rings. The molecule has 0 radical (unpaired) electrons. The zero-order valence-corrected chi connectivity index (χ0v) is 13.0. The van der Waals surface area contributed by atoms with Gasteiger partial charge < -0.3 is 5.32 Å². The van der Waals surface area contributed by atoms with Crippen LogP contribution in [0.1, 0.15) is 59.3 Å². The third kappa shape index (κ3) is 5.21. The smallest absolute Gasteiger partial charge is 0.0183 e. The second kappa shape index (κ2) is 8.42. The van der Waals surface area contributed by atoms with Gasteiger partial charge in [-0.05, 0) is 38.1 Å². The van der Waals surface area contributed by atoms with Crippen molar-refractivity contribution in [2.45, 2.75) is 70.6 Å². The average molecular weight is 257 g/mol. The summed E-state index contributed by atoms with van der Waals surface area (Å²) in [5.74, 6) is 3.25. The Kier molecular flexibility index (Phi) is 7.61. The Morgan fingerprint density at radius 1 is 1.18 bits per heavy atom. The largest absolute Gasteiger partial charge is 0.316 e. The Morgan fingerprint density at radius 2 is 1.82 bits per heavy atom. The molecule has 2 unspecified atom stereocenters. The van der Waals surface area contributed by atoms with Crippen molar-refractivity contribution in [1.82, 2.24) is 5.32 Å². The first-order valence-corrected chi connectivity index (χ1v) is 8.54. The van der Waals surface area contributed by atoms with Crippen LogP contribution in [0.2, 0.25) is 0 Å². The van der Waals surface area contributed by atoms with Gasteiger partial charge in [0.05, 0.1) is 0 Å². The lowest BCUT2D eigenvalue weighted by atomic mass is 9.78. The Bertz CT molecular complexity index is 187. The van der Waals surface area contributed by atoms with Gasteiger partial charge in [0.1, 0.15) is 0 Å². The molecule has 1 rings (SSSR count). The highest BCUT2D eigenvalue weighted by molar-refractivity contribution is 7.99. The van der Waals surface area contributed by atoms with Gasteiger partial charge in [-0.1, -0.05) is 40.0 Å². The lowest BCUT2D eigenvalue weighted by Crippen LogP contribution is -2.38. The predicted molar refractivity (Wildman–Crippen MR) is 80.8 cm³/mol. The van der Waals surface area contributed by atoms with Crippen molar-refractivity contribution in [1.29, 1.82) is 0 Å². The van der Waals surface area contributed by atoms with E-state index in [1.54, 1.807) is 0 Å². The van der Waals surface area contributed by atoms with Crippen LogP contribution in [0, 0.1) is 11.8 Å². The maximum Gasteiger partial charge on any atom is 0.0183 e. The summed E-state index contributed by atoms with van der Waals surface area (Å²) in [7, 11) is 2.15. The van der Waals surface area contributed by atoms with Crippen LogP contribution in [-0.2, 0) is 0 Å². The molecule has 0 aromatic heterocycles. The van der Waals surface area contributed by atoms with E-state index >= 15 is 0 Å². The first kappa shape index (κ1) is 15.4. The number of hydrogen-bond acceptors (Lipinski definition) is 2. The molecule has 0 saturated heterocycles. The van der Waals surface area contributed by atoms with Crippen molar-refractivity contribution in [2.24, 2.45) is 11.8 Å². The zero-order chi connectivity index (χ0) is 12.7. The molecule has 1 aliphatic carbocycles. The first-order valence-electron chi connectivity index (χ1n) is 7.50. The van der Waals surface area contributed by atoms with Gasteiger partial charge in [-0.15, -0.1) is 0 Å². The fourth-order valence-electron chi connectivity index (χ4n) is 2.84. The Labute approximate surface area is 113 Å². The second-order valence-corrected chi connectivity index (χ2v) is 7.11. The molecule has 0 heterocycles. The lowest BCUT2D eigenvalue weighted by Gasteiger charge is -2.33. The SMILES string of the molecule is CCC1CCC(C(CSC(C)CC)NC)CC1. The molecule has 1 fully saturated rings. The van der Waals surface area contributed by atoms with E-state index in [-0.39, 0.29) is 0 Å². The van der Waals surface area contributed by atoms with E-state index in [1.807, 2.05) is 0 Å². The molecular weight excluding hydrogens is 226 g/mol. The standard InChI is InChI=1S/C15H31NS/c1-5-12(3)17-11-15(16-4)14-9-7-13(6-2)8-10-14/h12-16H,5-11H2,1-4H3. The van der Waals surface area contributed by atoms with Crippen molar-refractivity contribution in [3.63, 3.8) is 0 Å². The van der Waals surface area contributed by atoms with Crippen molar-refractivity contribution in [3.05, 3.63) is 0 Å². The van der Waals surface area contributed by atoms with E-state index < -0.39 is 0 Å². The third-order valence-corrected chi connectivity index (χ3v) is 6.00. The molecule has 1 N–H and O–H groups in total. The Hall–Kier alpha value is 0.310. The minimum absolute atomic E-state index is 0.742. The molecule has 0 spiro atoms. The molecule has 1 nitrogen and oxygen atoms in total. The monoisotopic (exact) mass is 257 g/mol. The van der Waals surface area contributed by atoms with E-state index in [9.17, 15) is 0 Å². The molecule has 0 aliphatic heterocycles. The van der Waals surface area contributed by atoms with Crippen LogP contribution in [0.25, 0.3) is 0 Å². The van der Waals surface area contributed by atoms with Crippen LogP contribution in [0.4, 0.5) is 0 Å². The number of hydrogen-bond donors (Lipinski definition) is 1. The van der Waals surface area contributed by atoms with Gasteiger partial charge in [-0.3, -0.25) is 0 Å². The minimum atomic E-state index is 0.742. The van der Waals surface area contributed by atoms with E-state index in [2.05, 4.69) is 44.9 Å². The topological polar surface area (TPSA) is 12.0 Å². The Balaban J connectivity index is 2.30. The number of thioether (sulfide) groups is 1. The fraction of sp³-hybridized carbons (Fsp3) is 1.00. The van der Waals surface area contributed by atoms with E-state index in [0.29, 0.717) is 0 Å². The van der Waals surface area contributed by atoms with E-state index in [1.165, 1.54) is 44.3 Å². The van der Waals surface area contributed by atoms with Crippen molar-refractivity contribution in [3.8, 4) is 0 Å². The molecule has 2 atom stereocenters. The maximum absolute atomic E-state index is 3.56. The normalized spacial score (nSPS) is 28.9. The summed E-state index contributed by atoms with van der Waals surface area (Å²) < 4.78 is 0. The minimum Gasteiger partial charge on any atom is -0.316 e. The maximum atomic E-state index is 3.56. The molecule has 2 heteroatoms. The molecule has 17 heavy (non-hydrogen) atoms. The van der Waals surface area contributed by atoms with Crippen molar-refractivity contribution in [2.75, 3.05) is 12.8 Å². The van der Waals surface area contributed by atoms with Gasteiger partial charge in [-0.2, -0.15) is 11.8 Å². The van der Waals surface area contributed by atoms with Gasteiger partial charge in [0, 0.05) is 17.0 Å². The molecule has 1 saturated carbocycles. The zero-order valence-electron chi connectivity index (χ0n) is 12.2. The van der Waals surface area contributed by atoms with Gasteiger partial charge >= 0.3 is 0 Å². The first-order chi connectivity index (χ1) is 8.21. The highest BCUT2D eigenvalue weighted by Gasteiger charge is 2.26. The average Bonchev–Trinajstić information content (AvgIpc) is 2.39. The van der Waals surface area contributed by atoms with Crippen LogP contribution < -0.4 is 5.32 Å². The molecule has 102 valence electrons. The molecule has 0 aromatic rings. The highest BCUT2D eigenvalue weighted by atomic mass is 32.2. The summed E-state index contributed by atoms with van der Waals surface area (Å²) in [6.45, 7) is 6.99. The summed E-state index contributed by atoms with van der Waals surface area (Å²) in [4.78, 5) is 0. The quantitative estimate of drug-likeness (QED) is 0.729. The van der Waals surface area contributed by atoms with Gasteiger partial charge in [-0.25, -0.2) is 0 Å². The molecular formula is C15H31NS. The predicted octanol–water partition coefficient (Wildman–Crippen LogP) is 4.32. The van der Waals surface area contributed by atoms with E-state index in [4.69, 9.17) is 0 Å². The summed E-state index contributed by atoms with van der Waals surface area (Å²) in [5, 5.41) is 4.38. The van der Waals surface area contributed by atoms with Crippen LogP contribution in [0.15, 0.2) is 0 Å². The van der Waals surface area contributed by atoms with Crippen molar-refractivity contribution < 1.29 is 0 Å². The fourth-order valence-corrected chi connectivity index (χ4v) is 4.05. The summed E-state index contributed by atoms with van der Waals surface area (Å²) in [6, 6.07) is 0.742. The lowest BCUT2D eigenvalue weighted by molar-refractivity contribution is 0.233. The number of rotatable bonds is 7. The summed E-state index contributed by atoms with van der Waals surface area (Å²) >= 11 is 2.15. The Morgan fingerprint density at radius 3 is 2.29 bits per heavy atom. The second-order valence-electron chi connectivity index (χ2n) is 5.64. The third-order valence-electron chi connectivity index (χ3n) is 4.54. The highest BCUT2D eigenvalue weighted by Crippen LogP contribution is 2.33. The number of nitrogens with one attached hydrogen (secondary N) is 1. The van der Waals surface area contributed by atoms with Crippen LogP contribution in [-0.4, -0.2) is 24.1 Å². The molecule has 0 aromatic carbocycles. The summed E-state index contributed by atoms with van der Waals surface area (Å²) in [6.07, 6.45) is 8.51. The molecule has 0 bridgehead atoms. The molecule has 0 amide bonds. The van der Waals surface area contributed by atoms with Gasteiger partial charge in [0.25, 0.3) is 0 Å². The van der Waals surface area contributed by atoms with Crippen LogP contribution in [0.5, 0.6) is 0 Å². The van der Waals surface area contributed by atoms with Crippen LogP contribution in [0.3, 0.4) is 0 Å². The van der Waals surface area contributed by atoms with Gasteiger partial charge in [0.2, 0.25) is 0 Å². The summed E-state index contributed by atoms with van der Waals surface area (Å²) in [5.41, 5.74) is 0. The van der Waals surface area contributed by atoms with E-state index in [0.717, 1.165) is 23.1 Å². The van der Waals surface area contributed by atoms with Crippen molar-refractivity contribution >= 4 is 11.8 Å².